The van der Waals surface area contributed by atoms with Crippen LogP contribution in [0.25, 0.3) is 0 Å². The summed E-state index contributed by atoms with van der Waals surface area (Å²) in [7, 11) is 0. The van der Waals surface area contributed by atoms with Gasteiger partial charge in [0.15, 0.2) is 23.8 Å². The normalized spacial score (nSPS) is 9.90. The third kappa shape index (κ3) is 3.69. The fraction of sp³-hybridized carbons (Fsp3) is 0.0714. The van der Waals surface area contributed by atoms with E-state index in [0.717, 1.165) is 0 Å². The molecule has 0 fully saturated rings. The van der Waals surface area contributed by atoms with E-state index in [1.54, 1.807) is 12.1 Å². The number of aromatic hydroxyl groups is 1. The standard InChI is InChI=1S/C14H12N2O5/c17-10-5-1-2-6-11(10)21-8-12(18)16-9-4-3-7-15-13(9)14(19)20/h1-7,17H,8H2,(H,16,18)(H,19,20). The van der Waals surface area contributed by atoms with Gasteiger partial charge in [-0.1, -0.05) is 12.1 Å². The number of hydrogen-bond donors (Lipinski definition) is 3. The van der Waals surface area contributed by atoms with Gasteiger partial charge >= 0.3 is 5.97 Å². The van der Waals surface area contributed by atoms with Crippen molar-refractivity contribution in [3.8, 4) is 11.5 Å². The second-order valence-electron chi connectivity index (χ2n) is 4.01. The molecule has 3 N–H and O–H groups in total. The first-order valence-electron chi connectivity index (χ1n) is 5.97. The molecule has 1 aromatic heterocycles. The van der Waals surface area contributed by atoms with Crippen molar-refractivity contribution in [2.75, 3.05) is 11.9 Å². The number of aromatic carboxylic acids is 1. The quantitative estimate of drug-likeness (QED) is 0.769. The maximum Gasteiger partial charge on any atom is 0.356 e. The maximum atomic E-state index is 11.7. The Hall–Kier alpha value is -3.09. The number of carbonyl (C=O) groups is 2. The van der Waals surface area contributed by atoms with Gasteiger partial charge in [-0.2, -0.15) is 0 Å². The van der Waals surface area contributed by atoms with Crippen LogP contribution in [-0.2, 0) is 4.79 Å². The van der Waals surface area contributed by atoms with Crippen molar-refractivity contribution in [1.82, 2.24) is 4.98 Å². The molecule has 2 rings (SSSR count). The molecule has 0 saturated carbocycles. The van der Waals surface area contributed by atoms with E-state index in [9.17, 15) is 14.7 Å². The van der Waals surface area contributed by atoms with Crippen molar-refractivity contribution in [3.05, 3.63) is 48.3 Å². The Labute approximate surface area is 119 Å². The Kier molecular flexibility index (Phi) is 4.35. The average molecular weight is 288 g/mol. The fourth-order valence-electron chi connectivity index (χ4n) is 1.59. The first-order valence-corrected chi connectivity index (χ1v) is 5.97. The van der Waals surface area contributed by atoms with Gasteiger partial charge in [0.2, 0.25) is 0 Å². The van der Waals surface area contributed by atoms with Crippen molar-refractivity contribution in [2.24, 2.45) is 0 Å². The minimum atomic E-state index is -1.24. The molecule has 7 nitrogen and oxygen atoms in total. The monoisotopic (exact) mass is 288 g/mol. The number of nitrogens with one attached hydrogen (secondary N) is 1. The number of carbonyl (C=O) groups excluding carboxylic acids is 1. The van der Waals surface area contributed by atoms with E-state index in [0.29, 0.717) is 0 Å². The summed E-state index contributed by atoms with van der Waals surface area (Å²) in [5.74, 6) is -1.73. The molecule has 1 aromatic carbocycles. The molecule has 0 bridgehead atoms. The van der Waals surface area contributed by atoms with E-state index in [2.05, 4.69) is 10.3 Å². The van der Waals surface area contributed by atoms with Gasteiger partial charge in [0.05, 0.1) is 5.69 Å². The Morgan fingerprint density at radius 1 is 1.19 bits per heavy atom. The number of phenolic OH excluding ortho intramolecular Hbond substituents is 1. The highest BCUT2D eigenvalue weighted by Gasteiger charge is 2.14. The summed E-state index contributed by atoms with van der Waals surface area (Å²) in [6.45, 7) is -0.370. The van der Waals surface area contributed by atoms with Crippen LogP contribution in [0.4, 0.5) is 5.69 Å². The second kappa shape index (κ2) is 6.38. The summed E-state index contributed by atoms with van der Waals surface area (Å²) in [6, 6.07) is 9.14. The van der Waals surface area contributed by atoms with Crippen molar-refractivity contribution in [2.45, 2.75) is 0 Å². The topological polar surface area (TPSA) is 109 Å². The number of carboxylic acid groups (broad SMARTS) is 1. The number of anilines is 1. The molecule has 0 atom stereocenters. The molecule has 0 aliphatic rings. The molecule has 0 radical (unpaired) electrons. The number of aromatic nitrogens is 1. The Morgan fingerprint density at radius 2 is 1.95 bits per heavy atom. The number of phenols is 1. The molecule has 0 spiro atoms. The number of ether oxygens (including phenoxy) is 1. The third-order valence-electron chi connectivity index (χ3n) is 2.51. The van der Waals surface area contributed by atoms with Crippen LogP contribution in [0.5, 0.6) is 11.5 Å². The molecular weight excluding hydrogens is 276 g/mol. The highest BCUT2D eigenvalue weighted by Crippen LogP contribution is 2.24. The zero-order valence-electron chi connectivity index (χ0n) is 10.8. The zero-order chi connectivity index (χ0) is 15.2. The van der Waals surface area contributed by atoms with Crippen LogP contribution in [0.15, 0.2) is 42.6 Å². The molecule has 0 saturated heterocycles. The average Bonchev–Trinajstić information content (AvgIpc) is 2.47. The number of para-hydroxylation sites is 2. The van der Waals surface area contributed by atoms with Crippen LogP contribution in [0.2, 0.25) is 0 Å². The Bertz CT molecular complexity index is 672. The highest BCUT2D eigenvalue weighted by atomic mass is 16.5. The van der Waals surface area contributed by atoms with E-state index in [4.69, 9.17) is 9.84 Å². The van der Waals surface area contributed by atoms with E-state index in [1.807, 2.05) is 0 Å². The highest BCUT2D eigenvalue weighted by molar-refractivity contribution is 5.99. The lowest BCUT2D eigenvalue weighted by atomic mass is 10.3. The first-order chi connectivity index (χ1) is 10.1. The lowest BCUT2D eigenvalue weighted by Crippen LogP contribution is -2.22. The maximum absolute atomic E-state index is 11.7. The summed E-state index contributed by atoms with van der Waals surface area (Å²) in [6.07, 6.45) is 1.32. The van der Waals surface area contributed by atoms with E-state index in [1.165, 1.54) is 30.5 Å². The van der Waals surface area contributed by atoms with Crippen LogP contribution in [0, 0.1) is 0 Å². The van der Waals surface area contributed by atoms with Gasteiger partial charge in [0.25, 0.3) is 5.91 Å². The van der Waals surface area contributed by atoms with Crippen LogP contribution < -0.4 is 10.1 Å². The van der Waals surface area contributed by atoms with Crippen LogP contribution >= 0.6 is 0 Å². The van der Waals surface area contributed by atoms with Crippen molar-refractivity contribution in [3.63, 3.8) is 0 Å². The van der Waals surface area contributed by atoms with Crippen LogP contribution in [-0.4, -0.2) is 33.7 Å². The number of hydrogen-bond acceptors (Lipinski definition) is 5. The molecule has 108 valence electrons. The SMILES string of the molecule is O=C(COc1ccccc1O)Nc1cccnc1C(=O)O. The number of pyridine rings is 1. The minimum absolute atomic E-state index is 0.0795. The lowest BCUT2D eigenvalue weighted by molar-refractivity contribution is -0.118. The minimum Gasteiger partial charge on any atom is -0.504 e. The van der Waals surface area contributed by atoms with Gasteiger partial charge in [0, 0.05) is 6.20 Å². The molecule has 0 aliphatic carbocycles. The Balaban J connectivity index is 2.00. The molecule has 2 aromatic rings. The Morgan fingerprint density at radius 3 is 2.67 bits per heavy atom. The van der Waals surface area contributed by atoms with Crippen molar-refractivity contribution < 1.29 is 24.5 Å². The number of benzene rings is 1. The smallest absolute Gasteiger partial charge is 0.356 e. The zero-order valence-corrected chi connectivity index (χ0v) is 10.8. The molecule has 1 amide bonds. The summed E-state index contributed by atoms with van der Waals surface area (Å²) >= 11 is 0. The van der Waals surface area contributed by atoms with E-state index < -0.39 is 11.9 Å². The van der Waals surface area contributed by atoms with Gasteiger partial charge < -0.3 is 20.3 Å². The predicted octanol–water partition coefficient (Wildman–Crippen LogP) is 1.50. The number of nitrogens with zero attached hydrogens (tertiary/aromatic N) is 1. The molecule has 0 aliphatic heterocycles. The number of amides is 1. The van der Waals surface area contributed by atoms with Gasteiger partial charge in [0.1, 0.15) is 0 Å². The summed E-state index contributed by atoms with van der Waals surface area (Å²) in [5.41, 5.74) is -0.177. The second-order valence-corrected chi connectivity index (χ2v) is 4.01. The summed E-state index contributed by atoms with van der Waals surface area (Å²) in [4.78, 5) is 26.4. The number of rotatable bonds is 5. The largest absolute Gasteiger partial charge is 0.504 e. The lowest BCUT2D eigenvalue weighted by Gasteiger charge is -2.09. The number of carboxylic acids is 1. The third-order valence-corrected chi connectivity index (χ3v) is 2.51. The van der Waals surface area contributed by atoms with Gasteiger partial charge in [-0.05, 0) is 24.3 Å². The molecule has 0 unspecified atom stereocenters. The molecule has 7 heteroatoms. The van der Waals surface area contributed by atoms with Crippen LogP contribution in [0.3, 0.4) is 0 Å². The van der Waals surface area contributed by atoms with E-state index in [-0.39, 0.29) is 29.5 Å². The van der Waals surface area contributed by atoms with Gasteiger partial charge in [-0.3, -0.25) is 4.79 Å². The summed E-state index contributed by atoms with van der Waals surface area (Å²) in [5, 5.41) is 20.8. The van der Waals surface area contributed by atoms with Crippen molar-refractivity contribution in [1.29, 1.82) is 0 Å². The fourth-order valence-corrected chi connectivity index (χ4v) is 1.59. The summed E-state index contributed by atoms with van der Waals surface area (Å²) < 4.78 is 5.14. The predicted molar refractivity (Wildman–Crippen MR) is 73.4 cm³/mol. The van der Waals surface area contributed by atoms with Gasteiger partial charge in [-0.15, -0.1) is 0 Å². The van der Waals surface area contributed by atoms with Crippen LogP contribution in [0.1, 0.15) is 10.5 Å². The molecular formula is C14H12N2O5. The molecule has 1 heterocycles. The van der Waals surface area contributed by atoms with E-state index >= 15 is 0 Å². The van der Waals surface area contributed by atoms with Gasteiger partial charge in [-0.25, -0.2) is 9.78 Å². The molecule has 21 heavy (non-hydrogen) atoms. The van der Waals surface area contributed by atoms with Crippen molar-refractivity contribution >= 4 is 17.6 Å². The first kappa shape index (κ1) is 14.3.